The van der Waals surface area contributed by atoms with Crippen LogP contribution < -0.4 is 5.32 Å². The van der Waals surface area contributed by atoms with Crippen molar-refractivity contribution in [1.82, 2.24) is 5.32 Å². The van der Waals surface area contributed by atoms with E-state index in [1.807, 2.05) is 0 Å². The number of esters is 1. The minimum absolute atomic E-state index is 0.0273. The van der Waals surface area contributed by atoms with Crippen molar-refractivity contribution in [3.05, 3.63) is 39.9 Å². The molecule has 0 aliphatic carbocycles. The molecule has 7 N–H and O–H groups in total. The molecule has 0 saturated carbocycles. The van der Waals surface area contributed by atoms with Gasteiger partial charge in [-0.15, -0.1) is 0 Å². The van der Waals surface area contributed by atoms with Gasteiger partial charge in [0, 0.05) is 30.7 Å². The molecule has 3 rings (SSSR count). The Balaban J connectivity index is 1.69. The number of carbonyl (C=O) groups excluding carboxylic acids is 2. The lowest BCUT2D eigenvalue weighted by Crippen LogP contribution is -2.67. The molecule has 2 aliphatic heterocycles. The van der Waals surface area contributed by atoms with Crippen LogP contribution in [0.3, 0.4) is 0 Å². The van der Waals surface area contributed by atoms with E-state index < -0.39 is 85.4 Å². The molecule has 2 aliphatic rings. The number of hydrogen-bond donors (Lipinski definition) is 7. The van der Waals surface area contributed by atoms with E-state index in [4.69, 9.17) is 18.9 Å². The minimum Gasteiger partial charge on any atom is -0.469 e. The Hall–Kier alpha value is -2.84. The van der Waals surface area contributed by atoms with Crippen LogP contribution >= 0.6 is 0 Å². The first-order chi connectivity index (χ1) is 22.0. The number of nitrogens with one attached hydrogen (secondary N) is 1. The van der Waals surface area contributed by atoms with Gasteiger partial charge in [0.2, 0.25) is 0 Å². The average Bonchev–Trinajstić information content (AvgIpc) is 3.06. The standard InChI is InChI=1S/C29H44N2O15/c1-42-20(34)8-6-4-2-3-5-7-13-43-28-21(30-27(39)16-9-11-17(12-10-16)31(40)41)23(36)26(19(15-33)45-28)46-29-25(38)24(37)22(35)18(14-32)44-29/h9-12,18-19,21-26,28-29,32-33,35-38H,2-8,13-15H2,1H3,(H,30,39)/t18-,19-,21+,22+,23-,24+,25-,26-,28+,29+/m1/s1. The highest BCUT2D eigenvalue weighted by Gasteiger charge is 2.51. The number of nitrogens with zero attached hydrogens (tertiary/aromatic N) is 1. The summed E-state index contributed by atoms with van der Waals surface area (Å²) in [5, 5.41) is 75.3. The van der Waals surface area contributed by atoms with Crippen LogP contribution in [0, 0.1) is 10.1 Å². The van der Waals surface area contributed by atoms with E-state index in [1.165, 1.54) is 19.2 Å². The molecule has 2 saturated heterocycles. The molecule has 17 heteroatoms. The van der Waals surface area contributed by atoms with Gasteiger partial charge in [0.15, 0.2) is 12.6 Å². The summed E-state index contributed by atoms with van der Waals surface area (Å²) in [7, 11) is 1.35. The number of aliphatic hydroxyl groups is 6. The summed E-state index contributed by atoms with van der Waals surface area (Å²) in [6, 6.07) is 3.41. The molecule has 17 nitrogen and oxygen atoms in total. The maximum Gasteiger partial charge on any atom is 0.305 e. The third-order valence-corrected chi connectivity index (χ3v) is 7.92. The Morgan fingerprint density at radius 1 is 0.848 bits per heavy atom. The Morgan fingerprint density at radius 2 is 1.46 bits per heavy atom. The summed E-state index contributed by atoms with van der Waals surface area (Å²) in [6.45, 7) is -1.28. The molecule has 0 aromatic heterocycles. The number of benzene rings is 1. The molecule has 10 atom stereocenters. The van der Waals surface area contributed by atoms with Gasteiger partial charge in [0.25, 0.3) is 11.6 Å². The zero-order chi connectivity index (χ0) is 33.8. The number of hydrogen-bond acceptors (Lipinski definition) is 15. The second-order valence-electron chi connectivity index (χ2n) is 11.1. The number of amides is 1. The number of non-ortho nitro benzene ring substituents is 1. The van der Waals surface area contributed by atoms with Crippen molar-refractivity contribution in [3.63, 3.8) is 0 Å². The van der Waals surface area contributed by atoms with E-state index in [1.54, 1.807) is 0 Å². The van der Waals surface area contributed by atoms with Crippen molar-refractivity contribution in [2.45, 2.75) is 106 Å². The van der Waals surface area contributed by atoms with Gasteiger partial charge in [-0.1, -0.05) is 25.7 Å². The van der Waals surface area contributed by atoms with E-state index in [-0.39, 0.29) is 23.8 Å². The normalized spacial score (nSPS) is 31.3. The smallest absolute Gasteiger partial charge is 0.305 e. The number of unbranched alkanes of at least 4 members (excludes halogenated alkanes) is 5. The Bertz CT molecular complexity index is 1110. The zero-order valence-corrected chi connectivity index (χ0v) is 25.5. The van der Waals surface area contributed by atoms with Crippen LogP contribution in [-0.4, -0.2) is 136 Å². The fraction of sp³-hybridized carbons (Fsp3) is 0.724. The molecule has 0 unspecified atom stereocenters. The van der Waals surface area contributed by atoms with E-state index in [2.05, 4.69) is 10.1 Å². The quantitative estimate of drug-likeness (QED) is 0.0452. The van der Waals surface area contributed by atoms with E-state index in [9.17, 15) is 50.3 Å². The predicted molar refractivity (Wildman–Crippen MR) is 155 cm³/mol. The molecule has 2 fully saturated rings. The second-order valence-corrected chi connectivity index (χ2v) is 11.1. The Morgan fingerprint density at radius 3 is 2.07 bits per heavy atom. The fourth-order valence-corrected chi connectivity index (χ4v) is 5.22. The summed E-state index contributed by atoms with van der Waals surface area (Å²) >= 11 is 0. The van der Waals surface area contributed by atoms with Crippen LogP contribution in [0.5, 0.6) is 0 Å². The molecular formula is C29H44N2O15. The summed E-state index contributed by atoms with van der Waals surface area (Å²) in [5.41, 5.74) is -0.208. The maximum absolute atomic E-state index is 13.1. The summed E-state index contributed by atoms with van der Waals surface area (Å²) < 4.78 is 27.5. The summed E-state index contributed by atoms with van der Waals surface area (Å²) in [6.07, 6.45) is -8.84. The number of methoxy groups -OCH3 is 1. The van der Waals surface area contributed by atoms with E-state index >= 15 is 0 Å². The number of carbonyl (C=O) groups is 2. The third kappa shape index (κ3) is 10.1. The summed E-state index contributed by atoms with van der Waals surface area (Å²) in [5.74, 6) is -0.988. The average molecular weight is 661 g/mol. The van der Waals surface area contributed by atoms with Crippen molar-refractivity contribution in [2.24, 2.45) is 0 Å². The SMILES string of the molecule is COC(=O)CCCCCCCCO[C@H]1O[C@H](CO)[C@@H](O[C@@H]2O[C@H](CO)[C@H](O)[C@H](O)[C@H]2O)[C@H](O)[C@@H]1NC(=O)c1ccc([N+](=O)[O-])cc1. The molecule has 0 bridgehead atoms. The van der Waals surface area contributed by atoms with Gasteiger partial charge in [-0.05, 0) is 25.0 Å². The van der Waals surface area contributed by atoms with Crippen molar-refractivity contribution in [3.8, 4) is 0 Å². The first-order valence-corrected chi connectivity index (χ1v) is 15.2. The molecule has 1 amide bonds. The molecule has 0 radical (unpaired) electrons. The zero-order valence-electron chi connectivity index (χ0n) is 25.5. The Labute approximate surface area is 265 Å². The van der Waals surface area contributed by atoms with Gasteiger partial charge in [0.05, 0.1) is 25.2 Å². The molecule has 2 heterocycles. The molecule has 260 valence electrons. The number of nitro benzene ring substituents is 1. The van der Waals surface area contributed by atoms with Crippen molar-refractivity contribution < 1.29 is 68.8 Å². The number of rotatable bonds is 17. The number of aliphatic hydroxyl groups excluding tert-OH is 6. The lowest BCUT2D eigenvalue weighted by atomic mass is 9.95. The van der Waals surface area contributed by atoms with Crippen LogP contribution in [0.25, 0.3) is 0 Å². The van der Waals surface area contributed by atoms with Gasteiger partial charge in [-0.2, -0.15) is 0 Å². The predicted octanol–water partition coefficient (Wildman–Crippen LogP) is -1.12. The molecule has 1 aromatic rings. The van der Waals surface area contributed by atoms with Gasteiger partial charge in [-0.25, -0.2) is 0 Å². The highest BCUT2D eigenvalue weighted by atomic mass is 16.7. The number of nitro groups is 1. The van der Waals surface area contributed by atoms with Gasteiger partial charge >= 0.3 is 5.97 Å². The topological polar surface area (TPSA) is 257 Å². The summed E-state index contributed by atoms with van der Waals surface area (Å²) in [4.78, 5) is 34.7. The highest BCUT2D eigenvalue weighted by Crippen LogP contribution is 2.30. The number of ether oxygens (including phenoxy) is 5. The van der Waals surface area contributed by atoms with Crippen molar-refractivity contribution in [2.75, 3.05) is 26.9 Å². The monoisotopic (exact) mass is 660 g/mol. The van der Waals surface area contributed by atoms with Gasteiger partial charge in [0.1, 0.15) is 48.8 Å². The lowest BCUT2D eigenvalue weighted by Gasteiger charge is -2.47. The molecule has 46 heavy (non-hydrogen) atoms. The second kappa shape index (κ2) is 18.5. The Kier molecular flexibility index (Phi) is 15.1. The molecular weight excluding hydrogens is 616 g/mol. The molecule has 1 aromatic carbocycles. The highest BCUT2D eigenvalue weighted by molar-refractivity contribution is 5.94. The lowest BCUT2D eigenvalue weighted by molar-refractivity contribution is -0.384. The first kappa shape index (κ1) is 37.6. The van der Waals surface area contributed by atoms with Crippen LogP contribution in [0.15, 0.2) is 24.3 Å². The third-order valence-electron chi connectivity index (χ3n) is 7.92. The van der Waals surface area contributed by atoms with E-state index in [0.717, 1.165) is 44.2 Å². The maximum atomic E-state index is 13.1. The van der Waals surface area contributed by atoms with Crippen LogP contribution in [0.4, 0.5) is 5.69 Å². The van der Waals surface area contributed by atoms with Gasteiger partial charge < -0.3 is 59.6 Å². The minimum atomic E-state index is -1.81. The van der Waals surface area contributed by atoms with Gasteiger partial charge in [-0.3, -0.25) is 19.7 Å². The van der Waals surface area contributed by atoms with Crippen LogP contribution in [0.1, 0.15) is 55.3 Å². The van der Waals surface area contributed by atoms with E-state index in [0.29, 0.717) is 12.8 Å². The van der Waals surface area contributed by atoms with Crippen LogP contribution in [-0.2, 0) is 28.5 Å². The largest absolute Gasteiger partial charge is 0.469 e. The van der Waals surface area contributed by atoms with Crippen molar-refractivity contribution >= 4 is 17.6 Å². The first-order valence-electron chi connectivity index (χ1n) is 15.2. The van der Waals surface area contributed by atoms with Crippen LogP contribution in [0.2, 0.25) is 0 Å². The molecule has 0 spiro atoms. The van der Waals surface area contributed by atoms with Crippen molar-refractivity contribution in [1.29, 1.82) is 0 Å². The fourth-order valence-electron chi connectivity index (χ4n) is 5.22.